The summed E-state index contributed by atoms with van der Waals surface area (Å²) in [7, 11) is 0. The molecule has 0 aromatic carbocycles. The number of hydrogen-bond acceptors (Lipinski definition) is 3. The van der Waals surface area contributed by atoms with Crippen LogP contribution in [0.5, 0.6) is 0 Å². The summed E-state index contributed by atoms with van der Waals surface area (Å²) < 4.78 is 0. The molecule has 5 nitrogen and oxygen atoms in total. The third kappa shape index (κ3) is 2.97. The first-order valence-corrected chi connectivity index (χ1v) is 7.84. The highest BCUT2D eigenvalue weighted by molar-refractivity contribution is 5.85. The second-order valence-corrected chi connectivity index (χ2v) is 5.93. The van der Waals surface area contributed by atoms with E-state index in [1.807, 2.05) is 4.90 Å². The van der Waals surface area contributed by atoms with Crippen molar-refractivity contribution in [3.05, 3.63) is 0 Å². The number of carboxylic acids is 1. The van der Waals surface area contributed by atoms with Crippen molar-refractivity contribution in [1.82, 2.24) is 9.80 Å². The van der Waals surface area contributed by atoms with Gasteiger partial charge in [-0.15, -0.1) is 0 Å². The normalized spacial score (nSPS) is 30.1. The Morgan fingerprint density at radius 1 is 1.15 bits per heavy atom. The molecule has 5 heteroatoms. The van der Waals surface area contributed by atoms with Crippen molar-refractivity contribution < 1.29 is 14.7 Å². The fourth-order valence-corrected chi connectivity index (χ4v) is 3.77. The van der Waals surface area contributed by atoms with Crippen LogP contribution in [-0.2, 0) is 9.59 Å². The predicted octanol–water partition coefficient (Wildman–Crippen LogP) is 1.43. The second-order valence-electron chi connectivity index (χ2n) is 5.93. The van der Waals surface area contributed by atoms with Crippen LogP contribution in [0.2, 0.25) is 0 Å². The summed E-state index contributed by atoms with van der Waals surface area (Å²) in [5.74, 6) is -1.48. The molecule has 1 unspecified atom stereocenters. The zero-order valence-electron chi connectivity index (χ0n) is 12.5. The molecule has 20 heavy (non-hydrogen) atoms. The lowest BCUT2D eigenvalue weighted by molar-refractivity contribution is -0.148. The number of carboxylic acid groups (broad SMARTS) is 1. The van der Waals surface area contributed by atoms with Gasteiger partial charge in [0.2, 0.25) is 5.91 Å². The molecule has 1 aliphatic heterocycles. The van der Waals surface area contributed by atoms with Crippen LogP contribution in [0.25, 0.3) is 0 Å². The minimum Gasteiger partial charge on any atom is -0.481 e. The fourth-order valence-electron chi connectivity index (χ4n) is 3.77. The Labute approximate surface area is 120 Å². The summed E-state index contributed by atoms with van der Waals surface area (Å²) in [5.41, 5.74) is 0. The first kappa shape index (κ1) is 15.3. The average molecular weight is 282 g/mol. The van der Waals surface area contributed by atoms with Gasteiger partial charge >= 0.3 is 5.97 Å². The Hall–Kier alpha value is -1.10. The molecule has 0 aromatic rings. The molecule has 2 rings (SSSR count). The van der Waals surface area contributed by atoms with Crippen LogP contribution in [0.3, 0.4) is 0 Å². The molecule has 1 saturated heterocycles. The third-order valence-corrected chi connectivity index (χ3v) is 4.95. The Bertz CT molecular complexity index is 368. The van der Waals surface area contributed by atoms with Crippen LogP contribution in [0.15, 0.2) is 0 Å². The van der Waals surface area contributed by atoms with Crippen LogP contribution in [-0.4, -0.2) is 59.0 Å². The van der Waals surface area contributed by atoms with E-state index in [4.69, 9.17) is 0 Å². The van der Waals surface area contributed by atoms with Gasteiger partial charge in [0.05, 0.1) is 11.8 Å². The number of rotatable bonds is 5. The van der Waals surface area contributed by atoms with Crippen molar-refractivity contribution in [3.8, 4) is 0 Å². The minimum atomic E-state index is -0.805. The van der Waals surface area contributed by atoms with Gasteiger partial charge in [-0.1, -0.05) is 20.3 Å². The van der Waals surface area contributed by atoms with Crippen molar-refractivity contribution in [1.29, 1.82) is 0 Å². The summed E-state index contributed by atoms with van der Waals surface area (Å²) >= 11 is 0. The number of likely N-dealkylation sites (N-methyl/N-ethyl adjacent to an activating group) is 1. The van der Waals surface area contributed by atoms with Gasteiger partial charge in [-0.05, 0) is 32.4 Å². The Morgan fingerprint density at radius 3 is 2.40 bits per heavy atom. The van der Waals surface area contributed by atoms with Crippen molar-refractivity contribution in [2.45, 2.75) is 45.6 Å². The largest absolute Gasteiger partial charge is 0.481 e. The molecule has 2 aliphatic rings. The standard InChI is InChI=1S/C15H26N2O3/c1-3-16(4-2)11-8-9-17(10-11)14(18)12-6-5-7-13(12)15(19)20/h11-13H,3-10H2,1-2H3,(H,19,20)/t11?,12-,13+/m1/s1. The zero-order chi connectivity index (χ0) is 14.7. The van der Waals surface area contributed by atoms with Gasteiger partial charge in [0, 0.05) is 19.1 Å². The molecule has 0 bridgehead atoms. The molecule has 3 atom stereocenters. The number of carbonyl (C=O) groups is 2. The maximum atomic E-state index is 12.6. The third-order valence-electron chi connectivity index (χ3n) is 4.95. The lowest BCUT2D eigenvalue weighted by Crippen LogP contribution is -2.41. The van der Waals surface area contributed by atoms with Gasteiger partial charge in [-0.3, -0.25) is 14.5 Å². The van der Waals surface area contributed by atoms with Gasteiger partial charge in [0.1, 0.15) is 0 Å². The van der Waals surface area contributed by atoms with E-state index in [1.165, 1.54) is 0 Å². The number of aliphatic carboxylic acids is 1. The van der Waals surface area contributed by atoms with Crippen LogP contribution in [0.1, 0.15) is 39.5 Å². The highest BCUT2D eigenvalue weighted by Gasteiger charge is 2.41. The van der Waals surface area contributed by atoms with E-state index < -0.39 is 11.9 Å². The molecule has 0 spiro atoms. The summed E-state index contributed by atoms with van der Waals surface area (Å²) in [5, 5.41) is 9.21. The van der Waals surface area contributed by atoms with Crippen LogP contribution >= 0.6 is 0 Å². The number of likely N-dealkylation sites (tertiary alicyclic amines) is 1. The first-order valence-electron chi connectivity index (χ1n) is 7.84. The number of hydrogen-bond donors (Lipinski definition) is 1. The Balaban J connectivity index is 1.96. The minimum absolute atomic E-state index is 0.0737. The maximum Gasteiger partial charge on any atom is 0.307 e. The maximum absolute atomic E-state index is 12.6. The van der Waals surface area contributed by atoms with Crippen LogP contribution < -0.4 is 0 Å². The van der Waals surface area contributed by atoms with Crippen molar-refractivity contribution in [2.75, 3.05) is 26.2 Å². The Morgan fingerprint density at radius 2 is 1.80 bits per heavy atom. The summed E-state index contributed by atoms with van der Waals surface area (Å²) in [6.45, 7) is 7.85. The lowest BCUT2D eigenvalue weighted by atomic mass is 9.95. The van der Waals surface area contributed by atoms with Crippen molar-refractivity contribution in [2.24, 2.45) is 11.8 Å². The van der Waals surface area contributed by atoms with Gasteiger partial charge in [-0.25, -0.2) is 0 Å². The molecule has 2 fully saturated rings. The highest BCUT2D eigenvalue weighted by Crippen LogP contribution is 2.34. The summed E-state index contributed by atoms with van der Waals surface area (Å²) in [4.78, 5) is 28.1. The Kier molecular flexibility index (Phi) is 5.02. The highest BCUT2D eigenvalue weighted by atomic mass is 16.4. The van der Waals surface area contributed by atoms with Crippen molar-refractivity contribution in [3.63, 3.8) is 0 Å². The number of nitrogens with zero attached hydrogens (tertiary/aromatic N) is 2. The van der Waals surface area contributed by atoms with E-state index >= 15 is 0 Å². The molecule has 1 N–H and O–H groups in total. The van der Waals surface area contributed by atoms with E-state index in [2.05, 4.69) is 18.7 Å². The molecule has 0 aromatic heterocycles. The van der Waals surface area contributed by atoms with E-state index in [0.29, 0.717) is 12.5 Å². The topological polar surface area (TPSA) is 60.9 Å². The summed E-state index contributed by atoms with van der Waals surface area (Å²) in [6.07, 6.45) is 3.26. The van der Waals surface area contributed by atoms with Crippen LogP contribution in [0.4, 0.5) is 0 Å². The van der Waals surface area contributed by atoms with E-state index in [9.17, 15) is 14.7 Å². The van der Waals surface area contributed by atoms with Gasteiger partial charge in [0.25, 0.3) is 0 Å². The van der Waals surface area contributed by atoms with E-state index in [1.54, 1.807) is 0 Å². The molecule has 0 radical (unpaired) electrons. The van der Waals surface area contributed by atoms with Crippen LogP contribution in [0, 0.1) is 11.8 Å². The quantitative estimate of drug-likeness (QED) is 0.828. The predicted molar refractivity (Wildman–Crippen MR) is 76.4 cm³/mol. The van der Waals surface area contributed by atoms with Gasteiger partial charge < -0.3 is 10.0 Å². The number of amides is 1. The van der Waals surface area contributed by atoms with Gasteiger partial charge in [0.15, 0.2) is 0 Å². The SMILES string of the molecule is CCN(CC)C1CCN(C(=O)[C@@H]2CCC[C@@H]2C(=O)O)C1. The van der Waals surface area contributed by atoms with Crippen molar-refractivity contribution >= 4 is 11.9 Å². The molecular weight excluding hydrogens is 256 g/mol. The summed E-state index contributed by atoms with van der Waals surface area (Å²) in [6, 6.07) is 0.443. The molecule has 1 aliphatic carbocycles. The molecule has 1 saturated carbocycles. The molecule has 114 valence electrons. The van der Waals surface area contributed by atoms with Gasteiger partial charge in [-0.2, -0.15) is 0 Å². The number of carbonyl (C=O) groups excluding carboxylic acids is 1. The van der Waals surface area contributed by atoms with E-state index in [0.717, 1.165) is 45.4 Å². The molecule has 1 heterocycles. The first-order chi connectivity index (χ1) is 9.58. The molecular formula is C15H26N2O3. The fraction of sp³-hybridized carbons (Fsp3) is 0.867. The van der Waals surface area contributed by atoms with E-state index in [-0.39, 0.29) is 11.8 Å². The average Bonchev–Trinajstić information content (AvgIpc) is 3.08. The smallest absolute Gasteiger partial charge is 0.307 e. The molecule has 1 amide bonds. The lowest BCUT2D eigenvalue weighted by Gasteiger charge is -2.27. The second kappa shape index (κ2) is 6.57. The monoisotopic (exact) mass is 282 g/mol. The zero-order valence-corrected chi connectivity index (χ0v) is 12.5.